The fourth-order valence-corrected chi connectivity index (χ4v) is 0.725. The molecule has 9 heavy (non-hydrogen) atoms. The van der Waals surface area contributed by atoms with Gasteiger partial charge in [0.15, 0.2) is 7.05 Å². The van der Waals surface area contributed by atoms with Crippen LogP contribution in [0.3, 0.4) is 0 Å². The second-order valence-corrected chi connectivity index (χ2v) is 1.97. The molecular weight excluding hydrogens is 231 g/mol. The van der Waals surface area contributed by atoms with Crippen LogP contribution in [-0.2, 0) is 4.74 Å². The molecule has 1 heterocycles. The third-order valence-electron chi connectivity index (χ3n) is 1.20. The first-order valence-corrected chi connectivity index (χ1v) is 2.70. The van der Waals surface area contributed by atoms with Crippen molar-refractivity contribution in [1.82, 2.24) is 5.43 Å². The Kier molecular flexibility index (Phi) is 3.24. The lowest BCUT2D eigenvalue weighted by Gasteiger charge is -1.94. The molecule has 1 rings (SSSR count). The van der Waals surface area contributed by atoms with Crippen molar-refractivity contribution in [3.8, 4) is 0 Å². The molecule has 3 nitrogen and oxygen atoms in total. The fourth-order valence-electron chi connectivity index (χ4n) is 0.725. The molecular formula is C5H11IN2O. The van der Waals surface area contributed by atoms with Gasteiger partial charge in [0.1, 0.15) is 0 Å². The van der Waals surface area contributed by atoms with Gasteiger partial charge in [-0.1, -0.05) is 4.68 Å². The molecule has 0 aromatic heterocycles. The summed E-state index contributed by atoms with van der Waals surface area (Å²) in [7, 11) is 1.93. The Morgan fingerprint density at radius 3 is 2.33 bits per heavy atom. The van der Waals surface area contributed by atoms with Crippen LogP contribution in [0.2, 0.25) is 0 Å². The summed E-state index contributed by atoms with van der Waals surface area (Å²) in [6.45, 7) is 3.89. The minimum Gasteiger partial charge on any atom is -1.00 e. The summed E-state index contributed by atoms with van der Waals surface area (Å²) in [5.41, 5.74) is 3.04. The minimum absolute atomic E-state index is 0. The van der Waals surface area contributed by atoms with Gasteiger partial charge in [0.25, 0.3) is 0 Å². The van der Waals surface area contributed by atoms with E-state index < -0.39 is 0 Å². The van der Waals surface area contributed by atoms with Gasteiger partial charge in [0.05, 0.1) is 6.92 Å². The minimum atomic E-state index is 0. The smallest absolute Gasteiger partial charge is 0.363 e. The summed E-state index contributed by atoms with van der Waals surface area (Å²) in [6.07, 6.45) is 0.139. The highest BCUT2D eigenvalue weighted by Crippen LogP contribution is 1.93. The van der Waals surface area contributed by atoms with Crippen molar-refractivity contribution in [2.24, 2.45) is 0 Å². The molecule has 1 aliphatic rings. The maximum atomic E-state index is 5.20. The van der Waals surface area contributed by atoms with Gasteiger partial charge in [-0.15, -0.1) is 0 Å². The van der Waals surface area contributed by atoms with Crippen molar-refractivity contribution in [2.75, 3.05) is 7.05 Å². The molecule has 0 saturated heterocycles. The second-order valence-electron chi connectivity index (χ2n) is 1.97. The first-order valence-electron chi connectivity index (χ1n) is 2.70. The zero-order chi connectivity index (χ0) is 6.15. The fraction of sp³-hybridized carbons (Fsp3) is 0.800. The average molecular weight is 242 g/mol. The molecule has 1 N–H and O–H groups in total. The Bertz CT molecular complexity index is 121. The Labute approximate surface area is 72.1 Å². The van der Waals surface area contributed by atoms with Crippen LogP contribution in [-0.4, -0.2) is 23.9 Å². The molecule has 0 aromatic carbocycles. The first kappa shape index (κ1) is 9.00. The molecule has 0 saturated carbocycles. The van der Waals surface area contributed by atoms with E-state index in [4.69, 9.17) is 4.74 Å². The van der Waals surface area contributed by atoms with Gasteiger partial charge in [0.2, 0.25) is 6.23 Å². The number of hydrazone groups is 1. The predicted octanol–water partition coefficient (Wildman–Crippen LogP) is -3.07. The van der Waals surface area contributed by atoms with E-state index in [1.807, 2.05) is 25.6 Å². The Hall–Kier alpha value is 0. The summed E-state index contributed by atoms with van der Waals surface area (Å²) in [4.78, 5) is 0. The Morgan fingerprint density at radius 2 is 2.22 bits per heavy atom. The summed E-state index contributed by atoms with van der Waals surface area (Å²) >= 11 is 0. The standard InChI is InChI=1S/C5H11N2O.HI/c1-4-6-7(3)5(2)8-4;/h4,6H,1-3H3;1H/q+1;/p-1. The van der Waals surface area contributed by atoms with Gasteiger partial charge in [0, 0.05) is 0 Å². The number of hydrogen-bond acceptors (Lipinski definition) is 2. The lowest BCUT2D eigenvalue weighted by atomic mass is 10.7. The highest BCUT2D eigenvalue weighted by molar-refractivity contribution is 5.68. The van der Waals surface area contributed by atoms with Crippen molar-refractivity contribution in [2.45, 2.75) is 20.1 Å². The third kappa shape index (κ3) is 2.00. The molecule has 1 atom stereocenters. The summed E-state index contributed by atoms with van der Waals surface area (Å²) < 4.78 is 7.07. The maximum absolute atomic E-state index is 5.20. The number of hydrazine groups is 1. The number of nitrogens with zero attached hydrogens (tertiary/aromatic N) is 1. The molecule has 0 aromatic rings. The van der Waals surface area contributed by atoms with Crippen LogP contribution in [0.4, 0.5) is 0 Å². The molecule has 4 heteroatoms. The van der Waals surface area contributed by atoms with E-state index in [9.17, 15) is 0 Å². The van der Waals surface area contributed by atoms with Crippen molar-refractivity contribution in [3.63, 3.8) is 0 Å². The predicted molar refractivity (Wildman–Crippen MR) is 30.5 cm³/mol. The Balaban J connectivity index is 0.000000640. The van der Waals surface area contributed by atoms with Crippen LogP contribution in [0, 0.1) is 0 Å². The van der Waals surface area contributed by atoms with Gasteiger partial charge in [-0.3, -0.25) is 0 Å². The normalized spacial score (nSPS) is 24.6. The van der Waals surface area contributed by atoms with Gasteiger partial charge < -0.3 is 28.7 Å². The molecule has 1 unspecified atom stereocenters. The van der Waals surface area contributed by atoms with Crippen molar-refractivity contribution >= 4 is 5.90 Å². The molecule has 0 spiro atoms. The van der Waals surface area contributed by atoms with E-state index in [0.717, 1.165) is 5.90 Å². The lowest BCUT2D eigenvalue weighted by molar-refractivity contribution is -0.555. The van der Waals surface area contributed by atoms with Gasteiger partial charge >= 0.3 is 5.90 Å². The molecule has 0 aliphatic carbocycles. The number of hydrogen-bond donors (Lipinski definition) is 1. The summed E-state index contributed by atoms with van der Waals surface area (Å²) in [6, 6.07) is 0. The second kappa shape index (κ2) is 3.24. The van der Waals surface area contributed by atoms with Crippen molar-refractivity contribution < 1.29 is 33.4 Å². The SMILES string of the molecule is CC1=[N+](C)NC(C)O1.[I-]. The summed E-state index contributed by atoms with van der Waals surface area (Å²) in [5, 5.41) is 0. The molecule has 54 valence electrons. The quantitative estimate of drug-likeness (QED) is 0.360. The molecule has 0 fully saturated rings. The molecule has 1 aliphatic heterocycles. The monoisotopic (exact) mass is 242 g/mol. The van der Waals surface area contributed by atoms with Crippen molar-refractivity contribution in [3.05, 3.63) is 0 Å². The molecule has 0 bridgehead atoms. The van der Waals surface area contributed by atoms with Gasteiger partial charge in [-0.2, -0.15) is 5.43 Å². The highest BCUT2D eigenvalue weighted by Gasteiger charge is 2.20. The van der Waals surface area contributed by atoms with Crippen LogP contribution in [0.5, 0.6) is 0 Å². The van der Waals surface area contributed by atoms with Crippen LogP contribution < -0.4 is 29.4 Å². The number of rotatable bonds is 0. The lowest BCUT2D eigenvalue weighted by Crippen LogP contribution is -3.00. The number of ether oxygens (including phenoxy) is 1. The van der Waals surface area contributed by atoms with Crippen LogP contribution in [0.25, 0.3) is 0 Å². The highest BCUT2D eigenvalue weighted by atomic mass is 127. The van der Waals surface area contributed by atoms with E-state index in [2.05, 4.69) is 5.43 Å². The number of halogens is 1. The van der Waals surface area contributed by atoms with Crippen molar-refractivity contribution in [1.29, 1.82) is 0 Å². The van der Waals surface area contributed by atoms with E-state index in [-0.39, 0.29) is 30.2 Å². The first-order chi connectivity index (χ1) is 3.70. The van der Waals surface area contributed by atoms with Crippen LogP contribution in [0.1, 0.15) is 13.8 Å². The number of nitrogens with one attached hydrogen (secondary N) is 1. The van der Waals surface area contributed by atoms with E-state index in [0.29, 0.717) is 0 Å². The zero-order valence-corrected chi connectivity index (χ0v) is 7.97. The van der Waals surface area contributed by atoms with Crippen LogP contribution >= 0.6 is 0 Å². The maximum Gasteiger partial charge on any atom is 0.363 e. The topological polar surface area (TPSA) is 24.3 Å². The Morgan fingerprint density at radius 1 is 1.67 bits per heavy atom. The van der Waals surface area contributed by atoms with Gasteiger partial charge in [-0.25, -0.2) is 0 Å². The molecule has 0 radical (unpaired) electrons. The van der Waals surface area contributed by atoms with E-state index in [1.165, 1.54) is 0 Å². The van der Waals surface area contributed by atoms with Crippen LogP contribution in [0.15, 0.2) is 0 Å². The third-order valence-corrected chi connectivity index (χ3v) is 1.20. The van der Waals surface area contributed by atoms with E-state index in [1.54, 1.807) is 0 Å². The summed E-state index contributed by atoms with van der Waals surface area (Å²) in [5.74, 6) is 0.928. The van der Waals surface area contributed by atoms with E-state index >= 15 is 0 Å². The van der Waals surface area contributed by atoms with Gasteiger partial charge in [-0.05, 0) is 6.92 Å². The largest absolute Gasteiger partial charge is 1.00 e. The average Bonchev–Trinajstić information content (AvgIpc) is 1.85. The molecule has 0 amide bonds. The zero-order valence-electron chi connectivity index (χ0n) is 5.81.